The van der Waals surface area contributed by atoms with E-state index >= 15 is 0 Å². The van der Waals surface area contributed by atoms with Crippen molar-refractivity contribution in [1.82, 2.24) is 10.2 Å². The average molecular weight is 396 g/mol. The molecule has 0 radical (unpaired) electrons. The van der Waals surface area contributed by atoms with E-state index in [1.807, 2.05) is 23.1 Å². The molecule has 1 fully saturated rings. The standard InChI is InChI=1S/C21H24N4O4/c26-20(7-4-12-22-21(27)17-5-2-1-3-6-17)24-15-13-23(14-16-24)18-8-10-19(11-9-18)25(28)29/h1-3,5-6,8-11H,4,7,12-16H2,(H,22,27). The number of carbonyl (C=O) groups excluding carboxylic acids is 2. The molecule has 1 N–H and O–H groups in total. The molecule has 0 unspecified atom stereocenters. The third-order valence-corrected chi connectivity index (χ3v) is 4.95. The molecule has 8 heteroatoms. The highest BCUT2D eigenvalue weighted by molar-refractivity contribution is 5.94. The largest absolute Gasteiger partial charge is 0.368 e. The predicted octanol–water partition coefficient (Wildman–Crippen LogP) is 2.45. The van der Waals surface area contributed by atoms with Gasteiger partial charge in [-0.1, -0.05) is 18.2 Å². The molecule has 1 aliphatic heterocycles. The third-order valence-electron chi connectivity index (χ3n) is 4.95. The second kappa shape index (κ2) is 9.68. The number of non-ortho nitro benzene ring substituents is 1. The third kappa shape index (κ3) is 5.54. The van der Waals surface area contributed by atoms with Gasteiger partial charge in [-0.25, -0.2) is 0 Å². The van der Waals surface area contributed by atoms with Crippen molar-refractivity contribution in [2.24, 2.45) is 0 Å². The van der Waals surface area contributed by atoms with Crippen molar-refractivity contribution in [1.29, 1.82) is 0 Å². The van der Waals surface area contributed by atoms with Crippen LogP contribution in [0.5, 0.6) is 0 Å². The number of nitrogens with zero attached hydrogens (tertiary/aromatic N) is 3. The van der Waals surface area contributed by atoms with Crippen molar-refractivity contribution in [3.8, 4) is 0 Å². The SMILES string of the molecule is O=C(NCCCC(=O)N1CCN(c2ccc([N+](=O)[O-])cc2)CC1)c1ccccc1. The van der Waals surface area contributed by atoms with E-state index in [-0.39, 0.29) is 17.5 Å². The van der Waals surface area contributed by atoms with Gasteiger partial charge in [0, 0.05) is 62.5 Å². The Balaban J connectivity index is 1.37. The zero-order valence-corrected chi connectivity index (χ0v) is 16.1. The lowest BCUT2D eigenvalue weighted by molar-refractivity contribution is -0.384. The van der Waals surface area contributed by atoms with Crippen LogP contribution in [0, 0.1) is 10.1 Å². The molecule has 1 heterocycles. The van der Waals surface area contributed by atoms with E-state index in [1.165, 1.54) is 12.1 Å². The van der Waals surface area contributed by atoms with Gasteiger partial charge in [0.2, 0.25) is 5.91 Å². The molecular formula is C21H24N4O4. The number of carbonyl (C=O) groups is 2. The first kappa shape index (κ1) is 20.3. The topological polar surface area (TPSA) is 95.8 Å². The van der Waals surface area contributed by atoms with Crippen molar-refractivity contribution >= 4 is 23.2 Å². The first-order valence-electron chi connectivity index (χ1n) is 9.65. The Morgan fingerprint density at radius 1 is 0.966 bits per heavy atom. The Bertz CT molecular complexity index is 847. The van der Waals surface area contributed by atoms with Crippen LogP contribution in [0.4, 0.5) is 11.4 Å². The molecule has 152 valence electrons. The van der Waals surface area contributed by atoms with Crippen LogP contribution < -0.4 is 10.2 Å². The number of piperazine rings is 1. The number of hydrogen-bond acceptors (Lipinski definition) is 5. The van der Waals surface area contributed by atoms with Crippen molar-refractivity contribution in [3.63, 3.8) is 0 Å². The summed E-state index contributed by atoms with van der Waals surface area (Å²) >= 11 is 0. The van der Waals surface area contributed by atoms with Crippen LogP contribution >= 0.6 is 0 Å². The van der Waals surface area contributed by atoms with Gasteiger partial charge in [0.15, 0.2) is 0 Å². The molecule has 0 spiro atoms. The molecule has 0 aromatic heterocycles. The van der Waals surface area contributed by atoms with E-state index in [0.29, 0.717) is 51.1 Å². The van der Waals surface area contributed by atoms with Crippen LogP contribution in [-0.4, -0.2) is 54.4 Å². The van der Waals surface area contributed by atoms with Crippen molar-refractivity contribution in [2.45, 2.75) is 12.8 Å². The van der Waals surface area contributed by atoms with Gasteiger partial charge in [0.25, 0.3) is 11.6 Å². The number of nitrogens with one attached hydrogen (secondary N) is 1. The quantitative estimate of drug-likeness (QED) is 0.441. The Morgan fingerprint density at radius 2 is 1.62 bits per heavy atom. The maximum absolute atomic E-state index is 12.4. The summed E-state index contributed by atoms with van der Waals surface area (Å²) in [4.78, 5) is 38.7. The molecule has 0 bridgehead atoms. The lowest BCUT2D eigenvalue weighted by Crippen LogP contribution is -2.48. The van der Waals surface area contributed by atoms with E-state index in [4.69, 9.17) is 0 Å². The molecule has 3 rings (SSSR count). The van der Waals surface area contributed by atoms with Crippen molar-refractivity contribution in [2.75, 3.05) is 37.6 Å². The summed E-state index contributed by atoms with van der Waals surface area (Å²) in [7, 11) is 0. The molecule has 29 heavy (non-hydrogen) atoms. The molecule has 0 aliphatic carbocycles. The highest BCUT2D eigenvalue weighted by atomic mass is 16.6. The number of rotatable bonds is 7. The summed E-state index contributed by atoms with van der Waals surface area (Å²) in [6.07, 6.45) is 0.993. The minimum absolute atomic E-state index is 0.0712. The van der Waals surface area contributed by atoms with E-state index in [9.17, 15) is 19.7 Å². The fraction of sp³-hybridized carbons (Fsp3) is 0.333. The zero-order chi connectivity index (χ0) is 20.6. The lowest BCUT2D eigenvalue weighted by Gasteiger charge is -2.36. The summed E-state index contributed by atoms with van der Waals surface area (Å²) in [5.74, 6) is -0.0444. The van der Waals surface area contributed by atoms with Gasteiger partial charge >= 0.3 is 0 Å². The number of benzene rings is 2. The second-order valence-corrected chi connectivity index (χ2v) is 6.87. The van der Waals surface area contributed by atoms with E-state index < -0.39 is 4.92 Å². The first-order chi connectivity index (χ1) is 14.0. The maximum atomic E-state index is 12.4. The molecular weight excluding hydrogens is 372 g/mol. The lowest BCUT2D eigenvalue weighted by atomic mass is 10.2. The van der Waals surface area contributed by atoms with Gasteiger partial charge in [-0.15, -0.1) is 0 Å². The Kier molecular flexibility index (Phi) is 6.78. The normalized spacial score (nSPS) is 13.8. The Hall–Kier alpha value is -3.42. The minimum atomic E-state index is -0.414. The molecule has 2 aromatic carbocycles. The fourth-order valence-electron chi connectivity index (χ4n) is 3.29. The average Bonchev–Trinajstić information content (AvgIpc) is 2.77. The Labute approximate surface area is 169 Å². The summed E-state index contributed by atoms with van der Waals surface area (Å²) in [6, 6.07) is 15.5. The minimum Gasteiger partial charge on any atom is -0.368 e. The van der Waals surface area contributed by atoms with Crippen LogP contribution in [0.1, 0.15) is 23.2 Å². The number of hydrogen-bond donors (Lipinski definition) is 1. The van der Waals surface area contributed by atoms with Gasteiger partial charge in [0.05, 0.1) is 4.92 Å². The Morgan fingerprint density at radius 3 is 2.24 bits per heavy atom. The number of amides is 2. The smallest absolute Gasteiger partial charge is 0.269 e. The molecule has 0 saturated carbocycles. The van der Waals surface area contributed by atoms with Gasteiger partial charge in [-0.2, -0.15) is 0 Å². The number of nitro groups is 1. The van der Waals surface area contributed by atoms with Crippen LogP contribution in [0.3, 0.4) is 0 Å². The fourth-order valence-corrected chi connectivity index (χ4v) is 3.29. The van der Waals surface area contributed by atoms with Gasteiger partial charge in [0.1, 0.15) is 0 Å². The second-order valence-electron chi connectivity index (χ2n) is 6.87. The predicted molar refractivity (Wildman–Crippen MR) is 110 cm³/mol. The van der Waals surface area contributed by atoms with E-state index in [2.05, 4.69) is 10.2 Å². The van der Waals surface area contributed by atoms with Crippen molar-refractivity contribution < 1.29 is 14.5 Å². The van der Waals surface area contributed by atoms with Gasteiger partial charge in [-0.3, -0.25) is 19.7 Å². The molecule has 1 saturated heterocycles. The van der Waals surface area contributed by atoms with Crippen LogP contribution in [0.15, 0.2) is 54.6 Å². The summed E-state index contributed by atoms with van der Waals surface area (Å²) in [6.45, 7) is 3.07. The number of anilines is 1. The molecule has 0 atom stereocenters. The maximum Gasteiger partial charge on any atom is 0.269 e. The van der Waals surface area contributed by atoms with Crippen LogP contribution in [0.2, 0.25) is 0 Å². The highest BCUT2D eigenvalue weighted by Gasteiger charge is 2.21. The van der Waals surface area contributed by atoms with Crippen LogP contribution in [-0.2, 0) is 4.79 Å². The van der Waals surface area contributed by atoms with Crippen LogP contribution in [0.25, 0.3) is 0 Å². The monoisotopic (exact) mass is 396 g/mol. The molecule has 8 nitrogen and oxygen atoms in total. The zero-order valence-electron chi connectivity index (χ0n) is 16.1. The number of nitro benzene ring substituents is 1. The van der Waals surface area contributed by atoms with Crippen molar-refractivity contribution in [3.05, 3.63) is 70.3 Å². The molecule has 2 amide bonds. The first-order valence-corrected chi connectivity index (χ1v) is 9.65. The molecule has 1 aliphatic rings. The molecule has 2 aromatic rings. The van der Waals surface area contributed by atoms with E-state index in [0.717, 1.165) is 5.69 Å². The highest BCUT2D eigenvalue weighted by Crippen LogP contribution is 2.20. The summed E-state index contributed by atoms with van der Waals surface area (Å²) < 4.78 is 0. The van der Waals surface area contributed by atoms with Gasteiger partial charge in [-0.05, 0) is 30.7 Å². The van der Waals surface area contributed by atoms with E-state index in [1.54, 1.807) is 24.3 Å². The van der Waals surface area contributed by atoms with Gasteiger partial charge < -0.3 is 15.1 Å². The summed E-state index contributed by atoms with van der Waals surface area (Å²) in [5.41, 5.74) is 1.61. The summed E-state index contributed by atoms with van der Waals surface area (Å²) in [5, 5.41) is 13.6.